The smallest absolute Gasteiger partial charge is 0.318 e. The summed E-state index contributed by atoms with van der Waals surface area (Å²) in [6.45, 7) is 0.685. The summed E-state index contributed by atoms with van der Waals surface area (Å²) in [4.78, 5) is 30.6. The zero-order valence-electron chi connectivity index (χ0n) is 17.9. The van der Waals surface area contributed by atoms with Crippen molar-refractivity contribution in [1.29, 1.82) is 0 Å². The van der Waals surface area contributed by atoms with Crippen LogP contribution in [0.15, 0.2) is 59.4 Å². The average Bonchev–Trinajstić information content (AvgIpc) is 2.80. The van der Waals surface area contributed by atoms with E-state index in [4.69, 9.17) is 4.74 Å². The van der Waals surface area contributed by atoms with Gasteiger partial charge in [0.05, 0.1) is 19.2 Å². The molecule has 2 aromatic carbocycles. The fraction of sp³-hybridized carbons (Fsp3) is 0.360. The van der Waals surface area contributed by atoms with Crippen molar-refractivity contribution in [2.24, 2.45) is 0 Å². The number of carbonyl (C=O) groups excluding carboxylic acids is 1. The van der Waals surface area contributed by atoms with Crippen molar-refractivity contribution in [3.63, 3.8) is 0 Å². The number of H-pyrrole nitrogens is 1. The van der Waals surface area contributed by atoms with Crippen molar-refractivity contribution in [2.45, 2.75) is 51.2 Å². The molecule has 1 aromatic heterocycles. The molecule has 0 aliphatic heterocycles. The average molecular weight is 420 g/mol. The first-order valence-electron chi connectivity index (χ1n) is 10.9. The van der Waals surface area contributed by atoms with Crippen LogP contribution in [0.5, 0.6) is 5.75 Å². The van der Waals surface area contributed by atoms with Gasteiger partial charge in [0.15, 0.2) is 0 Å². The number of urea groups is 1. The number of hydrogen-bond donors (Lipinski definition) is 2. The molecule has 1 aliphatic carbocycles. The number of rotatable bonds is 6. The highest BCUT2D eigenvalue weighted by atomic mass is 16.5. The Kier molecular flexibility index (Phi) is 6.55. The van der Waals surface area contributed by atoms with Gasteiger partial charge in [-0.25, -0.2) is 4.79 Å². The van der Waals surface area contributed by atoms with Crippen LogP contribution in [0.25, 0.3) is 10.9 Å². The minimum absolute atomic E-state index is 0.120. The van der Waals surface area contributed by atoms with E-state index in [9.17, 15) is 9.59 Å². The minimum atomic E-state index is -0.190. The zero-order chi connectivity index (χ0) is 21.6. The molecule has 2 amide bonds. The van der Waals surface area contributed by atoms with Crippen LogP contribution in [-0.4, -0.2) is 29.1 Å². The van der Waals surface area contributed by atoms with Crippen LogP contribution in [0.2, 0.25) is 0 Å². The number of ether oxygens (including phenoxy) is 1. The van der Waals surface area contributed by atoms with E-state index in [0.29, 0.717) is 17.9 Å². The second-order valence-corrected chi connectivity index (χ2v) is 8.20. The van der Waals surface area contributed by atoms with E-state index >= 15 is 0 Å². The number of fused-ring (bicyclic) bond motifs is 1. The van der Waals surface area contributed by atoms with Crippen LogP contribution >= 0.6 is 0 Å². The standard InChI is InChI=1S/C25H29N3O3/c1-31-22-13-12-19-14-20(24(29)27-23(19)15-22)17-28(16-18-8-4-2-5-9-18)25(30)26-21-10-6-3-7-11-21/h2,4-5,8-9,12-15,21H,3,6-7,10-11,16-17H2,1H3,(H,26,30)(H,27,29). The number of aromatic nitrogens is 1. The van der Waals surface area contributed by atoms with E-state index in [1.807, 2.05) is 48.5 Å². The quantitative estimate of drug-likeness (QED) is 0.614. The van der Waals surface area contributed by atoms with Gasteiger partial charge in [-0.05, 0) is 42.0 Å². The first-order chi connectivity index (χ1) is 15.1. The lowest BCUT2D eigenvalue weighted by molar-refractivity contribution is 0.184. The van der Waals surface area contributed by atoms with Crippen molar-refractivity contribution in [3.8, 4) is 5.75 Å². The summed E-state index contributed by atoms with van der Waals surface area (Å²) in [7, 11) is 1.60. The molecular formula is C25H29N3O3. The molecule has 0 radical (unpaired) electrons. The Labute approximate surface area is 182 Å². The third-order valence-corrected chi connectivity index (χ3v) is 5.93. The maximum Gasteiger partial charge on any atom is 0.318 e. The van der Waals surface area contributed by atoms with Crippen LogP contribution in [-0.2, 0) is 13.1 Å². The van der Waals surface area contributed by atoms with Crippen molar-refractivity contribution in [1.82, 2.24) is 15.2 Å². The summed E-state index contributed by atoms with van der Waals surface area (Å²) in [6.07, 6.45) is 5.57. The van der Waals surface area contributed by atoms with E-state index in [-0.39, 0.29) is 24.2 Å². The molecule has 162 valence electrons. The Morgan fingerprint density at radius 1 is 1.06 bits per heavy atom. The molecule has 2 N–H and O–H groups in total. The number of amides is 2. The first kappa shape index (κ1) is 21.0. The fourth-order valence-corrected chi connectivity index (χ4v) is 4.19. The maximum absolute atomic E-state index is 13.2. The van der Waals surface area contributed by atoms with Gasteiger partial charge in [-0.15, -0.1) is 0 Å². The number of nitrogens with zero attached hydrogens (tertiary/aromatic N) is 1. The number of nitrogens with one attached hydrogen (secondary N) is 2. The predicted molar refractivity (Wildman–Crippen MR) is 122 cm³/mol. The van der Waals surface area contributed by atoms with Gasteiger partial charge in [-0.2, -0.15) is 0 Å². The molecule has 0 saturated heterocycles. The lowest BCUT2D eigenvalue weighted by Crippen LogP contribution is -2.45. The van der Waals surface area contributed by atoms with Gasteiger partial charge in [-0.1, -0.05) is 49.6 Å². The van der Waals surface area contributed by atoms with Gasteiger partial charge in [0.25, 0.3) is 5.56 Å². The second kappa shape index (κ2) is 9.69. The Morgan fingerprint density at radius 2 is 1.84 bits per heavy atom. The molecule has 6 heteroatoms. The van der Waals surface area contributed by atoms with Gasteiger partial charge in [0.2, 0.25) is 0 Å². The number of pyridine rings is 1. The molecule has 1 saturated carbocycles. The largest absolute Gasteiger partial charge is 0.497 e. The summed E-state index contributed by atoms with van der Waals surface area (Å²) in [5, 5.41) is 4.09. The zero-order valence-corrected chi connectivity index (χ0v) is 17.9. The summed E-state index contributed by atoms with van der Waals surface area (Å²) < 4.78 is 5.24. The number of benzene rings is 2. The third kappa shape index (κ3) is 5.26. The van der Waals surface area contributed by atoms with E-state index in [0.717, 1.165) is 42.1 Å². The number of methoxy groups -OCH3 is 1. The molecule has 6 nitrogen and oxygen atoms in total. The number of aromatic amines is 1. The molecule has 0 unspecified atom stereocenters. The van der Waals surface area contributed by atoms with E-state index in [1.165, 1.54) is 6.42 Å². The number of hydrogen-bond acceptors (Lipinski definition) is 3. The Morgan fingerprint density at radius 3 is 2.58 bits per heavy atom. The van der Waals surface area contributed by atoms with Crippen molar-refractivity contribution in [2.75, 3.05) is 7.11 Å². The SMILES string of the molecule is COc1ccc2cc(CN(Cc3ccccc3)C(=O)NC3CCCCC3)c(=O)[nH]c2c1. The maximum atomic E-state index is 13.2. The fourth-order valence-electron chi connectivity index (χ4n) is 4.19. The van der Waals surface area contributed by atoms with Gasteiger partial charge in [0, 0.05) is 24.2 Å². The second-order valence-electron chi connectivity index (χ2n) is 8.20. The van der Waals surface area contributed by atoms with Crippen molar-refractivity contribution in [3.05, 3.63) is 76.1 Å². The van der Waals surface area contributed by atoms with E-state index < -0.39 is 0 Å². The monoisotopic (exact) mass is 419 g/mol. The lowest BCUT2D eigenvalue weighted by atomic mass is 9.96. The highest BCUT2D eigenvalue weighted by Gasteiger charge is 2.21. The van der Waals surface area contributed by atoms with Crippen LogP contribution in [0, 0.1) is 0 Å². The Hall–Kier alpha value is -3.28. The molecule has 4 rings (SSSR count). The summed E-state index contributed by atoms with van der Waals surface area (Å²) in [5.41, 5.74) is 2.12. The van der Waals surface area contributed by atoms with Crippen LogP contribution in [0.1, 0.15) is 43.2 Å². The predicted octanol–water partition coefficient (Wildman–Crippen LogP) is 4.58. The van der Waals surface area contributed by atoms with E-state index in [1.54, 1.807) is 18.1 Å². The topological polar surface area (TPSA) is 74.4 Å². The molecule has 1 fully saturated rings. The Bertz CT molecular complexity index is 1090. The van der Waals surface area contributed by atoms with Gasteiger partial charge >= 0.3 is 6.03 Å². The van der Waals surface area contributed by atoms with Crippen LogP contribution in [0.4, 0.5) is 4.79 Å². The van der Waals surface area contributed by atoms with Crippen LogP contribution in [0.3, 0.4) is 0 Å². The van der Waals surface area contributed by atoms with Gasteiger partial charge in [0.1, 0.15) is 5.75 Å². The molecule has 0 bridgehead atoms. The highest BCUT2D eigenvalue weighted by molar-refractivity contribution is 5.80. The minimum Gasteiger partial charge on any atom is -0.497 e. The Balaban J connectivity index is 1.59. The van der Waals surface area contributed by atoms with Crippen molar-refractivity contribution < 1.29 is 9.53 Å². The van der Waals surface area contributed by atoms with Gasteiger partial charge < -0.3 is 19.9 Å². The van der Waals surface area contributed by atoms with Gasteiger partial charge in [-0.3, -0.25) is 4.79 Å². The molecule has 31 heavy (non-hydrogen) atoms. The molecule has 1 aliphatic rings. The van der Waals surface area contributed by atoms with Crippen molar-refractivity contribution >= 4 is 16.9 Å². The summed E-state index contributed by atoms with van der Waals surface area (Å²) >= 11 is 0. The molecule has 0 spiro atoms. The summed E-state index contributed by atoms with van der Waals surface area (Å²) in [6, 6.07) is 17.4. The highest BCUT2D eigenvalue weighted by Crippen LogP contribution is 2.20. The molecule has 3 aromatic rings. The summed E-state index contributed by atoms with van der Waals surface area (Å²) in [5.74, 6) is 0.688. The molecular weight excluding hydrogens is 390 g/mol. The van der Waals surface area contributed by atoms with E-state index in [2.05, 4.69) is 10.3 Å². The normalized spacial score (nSPS) is 14.4. The lowest BCUT2D eigenvalue weighted by Gasteiger charge is -2.28. The third-order valence-electron chi connectivity index (χ3n) is 5.93. The van der Waals surface area contributed by atoms with Crippen LogP contribution < -0.4 is 15.6 Å². The first-order valence-corrected chi connectivity index (χ1v) is 10.9. The molecule has 0 atom stereocenters. The molecule has 1 heterocycles. The number of carbonyl (C=O) groups is 1.